The highest BCUT2D eigenvalue weighted by atomic mass is 35.5. The minimum atomic E-state index is 0.365. The molecule has 0 fully saturated rings. The topological polar surface area (TPSA) is 12.0 Å². The van der Waals surface area contributed by atoms with Crippen LogP contribution in [0.5, 0.6) is 0 Å². The third-order valence-electron chi connectivity index (χ3n) is 4.24. The Kier molecular flexibility index (Phi) is 3.75. The van der Waals surface area contributed by atoms with Gasteiger partial charge in [-0.15, -0.1) is 11.3 Å². The second-order valence-corrected chi connectivity index (χ2v) is 7.33. The first-order chi connectivity index (χ1) is 10.8. The lowest BCUT2D eigenvalue weighted by atomic mass is 9.84. The van der Waals surface area contributed by atoms with Crippen LogP contribution in [0.25, 0.3) is 11.1 Å². The van der Waals surface area contributed by atoms with E-state index in [1.165, 1.54) is 27.1 Å². The third-order valence-corrected chi connectivity index (χ3v) is 5.52. The zero-order chi connectivity index (χ0) is 14.9. The zero-order valence-corrected chi connectivity index (χ0v) is 13.6. The molecule has 1 aliphatic rings. The molecule has 0 saturated heterocycles. The minimum Gasteiger partial charge on any atom is -0.311 e. The van der Waals surface area contributed by atoms with E-state index in [0.717, 1.165) is 17.4 Å². The highest BCUT2D eigenvalue weighted by molar-refractivity contribution is 7.16. The van der Waals surface area contributed by atoms with Crippen molar-refractivity contribution < 1.29 is 0 Å². The van der Waals surface area contributed by atoms with Gasteiger partial charge in [-0.1, -0.05) is 66.2 Å². The van der Waals surface area contributed by atoms with Crippen LogP contribution >= 0.6 is 22.9 Å². The fourth-order valence-corrected chi connectivity index (χ4v) is 4.55. The molecule has 0 bridgehead atoms. The maximum atomic E-state index is 6.25. The van der Waals surface area contributed by atoms with Crippen LogP contribution in [0.4, 0.5) is 0 Å². The van der Waals surface area contributed by atoms with E-state index in [0.29, 0.717) is 5.92 Å². The van der Waals surface area contributed by atoms with Gasteiger partial charge in [0.25, 0.3) is 0 Å². The summed E-state index contributed by atoms with van der Waals surface area (Å²) in [5.74, 6) is 0.365. The van der Waals surface area contributed by atoms with E-state index in [4.69, 9.17) is 11.6 Å². The van der Waals surface area contributed by atoms with Gasteiger partial charge in [0.2, 0.25) is 0 Å². The smallest absolute Gasteiger partial charge is 0.0934 e. The molecule has 1 N–H and O–H groups in total. The number of fused-ring (bicyclic) bond motifs is 1. The SMILES string of the molecule is Clc1cc2c(s1)CNCC2c1ccccc1-c1ccccc1. The van der Waals surface area contributed by atoms with Crippen molar-refractivity contribution in [3.8, 4) is 11.1 Å². The zero-order valence-electron chi connectivity index (χ0n) is 12.1. The minimum absolute atomic E-state index is 0.365. The highest BCUT2D eigenvalue weighted by Gasteiger charge is 2.25. The Bertz CT molecular complexity index is 794. The summed E-state index contributed by atoms with van der Waals surface area (Å²) < 4.78 is 0.885. The molecule has 0 saturated carbocycles. The molecule has 1 atom stereocenters. The Balaban J connectivity index is 1.85. The third kappa shape index (κ3) is 2.48. The Labute approximate surface area is 139 Å². The van der Waals surface area contributed by atoms with Crippen molar-refractivity contribution >= 4 is 22.9 Å². The van der Waals surface area contributed by atoms with Gasteiger partial charge in [0.05, 0.1) is 4.34 Å². The van der Waals surface area contributed by atoms with Gasteiger partial charge in [-0.3, -0.25) is 0 Å². The lowest BCUT2D eigenvalue weighted by Gasteiger charge is -2.26. The van der Waals surface area contributed by atoms with Crippen molar-refractivity contribution in [2.24, 2.45) is 0 Å². The molecule has 22 heavy (non-hydrogen) atoms. The van der Waals surface area contributed by atoms with Gasteiger partial charge in [0.15, 0.2) is 0 Å². The second-order valence-electron chi connectivity index (χ2n) is 5.57. The fraction of sp³-hybridized carbons (Fsp3) is 0.158. The van der Waals surface area contributed by atoms with E-state index in [9.17, 15) is 0 Å². The molecular formula is C19H16ClNS. The van der Waals surface area contributed by atoms with Gasteiger partial charge >= 0.3 is 0 Å². The number of nitrogens with one attached hydrogen (secondary N) is 1. The number of thiophene rings is 1. The van der Waals surface area contributed by atoms with Gasteiger partial charge in [0, 0.05) is 23.9 Å². The number of hydrogen-bond donors (Lipinski definition) is 1. The standard InChI is InChI=1S/C19H16ClNS/c20-19-10-16-17(11-21-12-18(16)22-19)15-9-5-4-8-14(15)13-6-2-1-3-7-13/h1-10,17,21H,11-12H2. The highest BCUT2D eigenvalue weighted by Crippen LogP contribution is 2.40. The Hall–Kier alpha value is -1.61. The average Bonchev–Trinajstić information content (AvgIpc) is 2.96. The van der Waals surface area contributed by atoms with E-state index in [1.54, 1.807) is 11.3 Å². The molecule has 1 aromatic heterocycles. The van der Waals surface area contributed by atoms with Crippen LogP contribution in [0.3, 0.4) is 0 Å². The molecule has 0 aliphatic carbocycles. The van der Waals surface area contributed by atoms with Crippen molar-refractivity contribution in [3.05, 3.63) is 81.0 Å². The molecule has 3 heteroatoms. The van der Waals surface area contributed by atoms with E-state index < -0.39 is 0 Å². The normalized spacial score (nSPS) is 17.2. The largest absolute Gasteiger partial charge is 0.311 e. The van der Waals surface area contributed by atoms with Crippen molar-refractivity contribution in [2.45, 2.75) is 12.5 Å². The molecule has 2 aromatic carbocycles. The molecule has 1 unspecified atom stereocenters. The maximum Gasteiger partial charge on any atom is 0.0934 e. The fourth-order valence-electron chi connectivity index (χ4n) is 3.24. The van der Waals surface area contributed by atoms with Gasteiger partial charge in [-0.25, -0.2) is 0 Å². The summed E-state index contributed by atoms with van der Waals surface area (Å²) in [6.07, 6.45) is 0. The Morgan fingerprint density at radius 1 is 0.955 bits per heavy atom. The van der Waals surface area contributed by atoms with Gasteiger partial charge in [-0.05, 0) is 28.3 Å². The monoisotopic (exact) mass is 325 g/mol. The van der Waals surface area contributed by atoms with Crippen LogP contribution in [-0.4, -0.2) is 6.54 Å². The van der Waals surface area contributed by atoms with Crippen molar-refractivity contribution in [1.29, 1.82) is 0 Å². The number of benzene rings is 2. The van der Waals surface area contributed by atoms with Gasteiger partial charge < -0.3 is 5.32 Å². The van der Waals surface area contributed by atoms with Crippen LogP contribution in [0.1, 0.15) is 21.9 Å². The van der Waals surface area contributed by atoms with Gasteiger partial charge in [0.1, 0.15) is 0 Å². The van der Waals surface area contributed by atoms with Gasteiger partial charge in [-0.2, -0.15) is 0 Å². The molecule has 3 aromatic rings. The Morgan fingerprint density at radius 3 is 2.59 bits per heavy atom. The summed E-state index contributed by atoms with van der Waals surface area (Å²) in [4.78, 5) is 1.36. The molecule has 4 rings (SSSR count). The first-order valence-corrected chi connectivity index (χ1v) is 8.65. The van der Waals surface area contributed by atoms with Crippen LogP contribution in [-0.2, 0) is 6.54 Å². The average molecular weight is 326 g/mol. The van der Waals surface area contributed by atoms with E-state index in [2.05, 4.69) is 66.0 Å². The first-order valence-electron chi connectivity index (χ1n) is 7.46. The second kappa shape index (κ2) is 5.88. The number of halogens is 1. The van der Waals surface area contributed by atoms with Crippen LogP contribution in [0.15, 0.2) is 60.7 Å². The van der Waals surface area contributed by atoms with Crippen molar-refractivity contribution in [2.75, 3.05) is 6.54 Å². The number of rotatable bonds is 2. The summed E-state index contributed by atoms with van der Waals surface area (Å²) in [6, 6.07) is 21.5. The van der Waals surface area contributed by atoms with E-state index in [-0.39, 0.29) is 0 Å². The summed E-state index contributed by atoms with van der Waals surface area (Å²) in [5.41, 5.74) is 5.34. The lowest BCUT2D eigenvalue weighted by molar-refractivity contribution is 0.601. The molecule has 1 aliphatic heterocycles. The number of hydrogen-bond acceptors (Lipinski definition) is 2. The Morgan fingerprint density at radius 2 is 1.73 bits per heavy atom. The molecular weight excluding hydrogens is 310 g/mol. The summed E-state index contributed by atoms with van der Waals surface area (Å²) in [6.45, 7) is 1.89. The molecule has 0 radical (unpaired) electrons. The van der Waals surface area contributed by atoms with Crippen LogP contribution < -0.4 is 5.32 Å². The summed E-state index contributed by atoms with van der Waals surface area (Å²) in [7, 11) is 0. The predicted octanol–water partition coefficient (Wildman–Crippen LogP) is 5.30. The lowest BCUT2D eigenvalue weighted by Crippen LogP contribution is -2.27. The quantitative estimate of drug-likeness (QED) is 0.673. The molecule has 0 amide bonds. The summed E-state index contributed by atoms with van der Waals surface area (Å²) >= 11 is 7.94. The molecule has 110 valence electrons. The molecule has 1 nitrogen and oxygen atoms in total. The predicted molar refractivity (Wildman–Crippen MR) is 94.8 cm³/mol. The molecule has 2 heterocycles. The first kappa shape index (κ1) is 14.0. The summed E-state index contributed by atoms with van der Waals surface area (Å²) in [5, 5.41) is 3.53. The molecule has 0 spiro atoms. The van der Waals surface area contributed by atoms with Crippen molar-refractivity contribution in [1.82, 2.24) is 5.32 Å². The van der Waals surface area contributed by atoms with E-state index >= 15 is 0 Å². The maximum absolute atomic E-state index is 6.25. The van der Waals surface area contributed by atoms with Crippen molar-refractivity contribution in [3.63, 3.8) is 0 Å². The van der Waals surface area contributed by atoms with Crippen LogP contribution in [0, 0.1) is 0 Å². The van der Waals surface area contributed by atoms with E-state index in [1.807, 2.05) is 0 Å². The van der Waals surface area contributed by atoms with Crippen LogP contribution in [0.2, 0.25) is 4.34 Å².